The lowest BCUT2D eigenvalue weighted by molar-refractivity contribution is 0.510. The average Bonchev–Trinajstić information content (AvgIpc) is 2.95. The lowest BCUT2D eigenvalue weighted by atomic mass is 10.2. The number of H-pyrrole nitrogens is 1. The van der Waals surface area contributed by atoms with Crippen molar-refractivity contribution in [2.75, 3.05) is 0 Å². The zero-order valence-corrected chi connectivity index (χ0v) is 9.63. The van der Waals surface area contributed by atoms with E-state index in [-0.39, 0.29) is 0 Å². The molecule has 0 aliphatic rings. The number of nitrogens with one attached hydrogen (secondary N) is 1. The van der Waals surface area contributed by atoms with Crippen molar-refractivity contribution in [3.8, 4) is 11.4 Å². The van der Waals surface area contributed by atoms with Crippen molar-refractivity contribution < 1.29 is 13.2 Å². The third-order valence-electron chi connectivity index (χ3n) is 2.85. The van der Waals surface area contributed by atoms with Crippen LogP contribution in [0.15, 0.2) is 28.9 Å². The maximum absolute atomic E-state index is 13.1. The molecule has 3 nitrogen and oxygen atoms in total. The Morgan fingerprint density at radius 3 is 2.83 bits per heavy atom. The molecule has 92 valence electrons. The first-order chi connectivity index (χ1) is 8.69. The van der Waals surface area contributed by atoms with Crippen molar-refractivity contribution in [2.45, 2.75) is 13.3 Å². The van der Waals surface area contributed by atoms with Gasteiger partial charge in [0.25, 0.3) is 0 Å². The summed E-state index contributed by atoms with van der Waals surface area (Å²) in [6.07, 6.45) is 2.30. The Morgan fingerprint density at radius 1 is 1.28 bits per heavy atom. The number of benzene rings is 1. The second-order valence-corrected chi connectivity index (χ2v) is 3.98. The highest BCUT2D eigenvalue weighted by molar-refractivity contribution is 5.79. The molecular formula is C13H10F2N2O. The number of aryl methyl sites for hydroxylation is 1. The standard InChI is InChI=1S/C13H10F2N2O/c1-2-12-7(3-4-18-12)13-16-10-5-8(14)9(15)6-11(10)17-13/h3-6H,2H2,1H3,(H,16,17). The molecule has 0 unspecified atom stereocenters. The molecule has 0 radical (unpaired) electrons. The first-order valence-corrected chi connectivity index (χ1v) is 5.60. The molecule has 0 amide bonds. The molecule has 0 saturated carbocycles. The maximum Gasteiger partial charge on any atom is 0.161 e. The molecule has 0 bridgehead atoms. The van der Waals surface area contributed by atoms with Crippen molar-refractivity contribution in [1.82, 2.24) is 9.97 Å². The number of aromatic nitrogens is 2. The van der Waals surface area contributed by atoms with Crippen molar-refractivity contribution >= 4 is 11.0 Å². The molecule has 0 atom stereocenters. The summed E-state index contributed by atoms with van der Waals surface area (Å²) in [7, 11) is 0. The van der Waals surface area contributed by atoms with E-state index in [9.17, 15) is 8.78 Å². The zero-order valence-electron chi connectivity index (χ0n) is 9.63. The van der Waals surface area contributed by atoms with Crippen LogP contribution in [-0.2, 0) is 6.42 Å². The molecule has 1 N–H and O–H groups in total. The number of imidazole rings is 1. The number of rotatable bonds is 2. The summed E-state index contributed by atoms with van der Waals surface area (Å²) < 4.78 is 31.5. The Bertz CT molecular complexity index is 676. The average molecular weight is 248 g/mol. The summed E-state index contributed by atoms with van der Waals surface area (Å²) in [5.41, 5.74) is 1.67. The van der Waals surface area contributed by atoms with Crippen LogP contribution in [0.1, 0.15) is 12.7 Å². The zero-order chi connectivity index (χ0) is 12.7. The topological polar surface area (TPSA) is 41.8 Å². The van der Waals surface area contributed by atoms with Crippen LogP contribution in [0, 0.1) is 11.6 Å². The molecular weight excluding hydrogens is 238 g/mol. The predicted molar refractivity (Wildman–Crippen MR) is 63.1 cm³/mol. The van der Waals surface area contributed by atoms with Crippen molar-refractivity contribution in [3.05, 3.63) is 41.9 Å². The Labute approximate surface area is 101 Å². The molecule has 5 heteroatoms. The van der Waals surface area contributed by atoms with Crippen LogP contribution in [0.4, 0.5) is 8.78 Å². The summed E-state index contributed by atoms with van der Waals surface area (Å²) in [6, 6.07) is 3.96. The van der Waals surface area contributed by atoms with Gasteiger partial charge >= 0.3 is 0 Å². The number of furan rings is 1. The summed E-state index contributed by atoms with van der Waals surface area (Å²) in [5, 5.41) is 0. The molecule has 0 fully saturated rings. The number of hydrogen-bond acceptors (Lipinski definition) is 2. The monoisotopic (exact) mass is 248 g/mol. The number of nitrogens with zero attached hydrogens (tertiary/aromatic N) is 1. The summed E-state index contributed by atoms with van der Waals surface area (Å²) >= 11 is 0. The molecule has 1 aromatic carbocycles. The SMILES string of the molecule is CCc1occc1-c1nc2cc(F)c(F)cc2[nH]1. The lowest BCUT2D eigenvalue weighted by Crippen LogP contribution is -1.83. The van der Waals surface area contributed by atoms with Gasteiger partial charge in [-0.1, -0.05) is 6.92 Å². The summed E-state index contributed by atoms with van der Waals surface area (Å²) in [6.45, 7) is 1.96. The molecule has 2 heterocycles. The maximum atomic E-state index is 13.1. The summed E-state index contributed by atoms with van der Waals surface area (Å²) in [5.74, 6) is -0.445. The highest BCUT2D eigenvalue weighted by Crippen LogP contribution is 2.26. The van der Waals surface area contributed by atoms with Gasteiger partial charge in [0.05, 0.1) is 22.9 Å². The van der Waals surface area contributed by atoms with Gasteiger partial charge in [-0.2, -0.15) is 0 Å². The Morgan fingerprint density at radius 2 is 2.06 bits per heavy atom. The van der Waals surface area contributed by atoms with E-state index in [4.69, 9.17) is 4.42 Å². The first kappa shape index (κ1) is 11.0. The minimum Gasteiger partial charge on any atom is -0.469 e. The van der Waals surface area contributed by atoms with Crippen LogP contribution < -0.4 is 0 Å². The van der Waals surface area contributed by atoms with Gasteiger partial charge in [0.15, 0.2) is 11.6 Å². The summed E-state index contributed by atoms with van der Waals surface area (Å²) in [4.78, 5) is 7.21. The van der Waals surface area contributed by atoms with E-state index in [1.165, 1.54) is 0 Å². The molecule has 3 rings (SSSR count). The van der Waals surface area contributed by atoms with E-state index >= 15 is 0 Å². The van der Waals surface area contributed by atoms with Crippen LogP contribution in [0.25, 0.3) is 22.4 Å². The first-order valence-electron chi connectivity index (χ1n) is 5.60. The molecule has 2 aromatic heterocycles. The van der Waals surface area contributed by atoms with Crippen LogP contribution in [0.5, 0.6) is 0 Å². The molecule has 0 aliphatic heterocycles. The Kier molecular flexibility index (Phi) is 2.40. The van der Waals surface area contributed by atoms with Crippen LogP contribution in [-0.4, -0.2) is 9.97 Å². The van der Waals surface area contributed by atoms with Crippen LogP contribution in [0.2, 0.25) is 0 Å². The Hall–Kier alpha value is -2.17. The molecule has 0 spiro atoms. The van der Waals surface area contributed by atoms with E-state index < -0.39 is 11.6 Å². The number of aromatic amines is 1. The quantitative estimate of drug-likeness (QED) is 0.751. The van der Waals surface area contributed by atoms with Crippen LogP contribution in [0.3, 0.4) is 0 Å². The highest BCUT2D eigenvalue weighted by atomic mass is 19.2. The number of halogens is 2. The van der Waals surface area contributed by atoms with Gasteiger partial charge in [0, 0.05) is 18.6 Å². The van der Waals surface area contributed by atoms with E-state index in [0.717, 1.165) is 29.9 Å². The van der Waals surface area contributed by atoms with Gasteiger partial charge in [-0.3, -0.25) is 0 Å². The normalized spacial score (nSPS) is 11.3. The molecule has 0 aliphatic carbocycles. The lowest BCUT2D eigenvalue weighted by Gasteiger charge is -1.94. The van der Waals surface area contributed by atoms with E-state index in [1.54, 1.807) is 12.3 Å². The van der Waals surface area contributed by atoms with E-state index in [0.29, 0.717) is 16.9 Å². The second kappa shape index (κ2) is 3.94. The molecule has 18 heavy (non-hydrogen) atoms. The van der Waals surface area contributed by atoms with Crippen LogP contribution >= 0.6 is 0 Å². The smallest absolute Gasteiger partial charge is 0.161 e. The largest absolute Gasteiger partial charge is 0.469 e. The van der Waals surface area contributed by atoms with Crippen molar-refractivity contribution in [1.29, 1.82) is 0 Å². The van der Waals surface area contributed by atoms with Crippen molar-refractivity contribution in [3.63, 3.8) is 0 Å². The molecule has 3 aromatic rings. The second-order valence-electron chi connectivity index (χ2n) is 3.98. The van der Waals surface area contributed by atoms with Gasteiger partial charge in [0.2, 0.25) is 0 Å². The third-order valence-corrected chi connectivity index (χ3v) is 2.85. The van der Waals surface area contributed by atoms with Gasteiger partial charge in [-0.05, 0) is 6.07 Å². The van der Waals surface area contributed by atoms with Gasteiger partial charge in [-0.15, -0.1) is 0 Å². The van der Waals surface area contributed by atoms with E-state index in [1.807, 2.05) is 6.92 Å². The number of hydrogen-bond donors (Lipinski definition) is 1. The predicted octanol–water partition coefficient (Wildman–Crippen LogP) is 3.66. The third kappa shape index (κ3) is 1.59. The fourth-order valence-corrected chi connectivity index (χ4v) is 1.96. The fraction of sp³-hybridized carbons (Fsp3) is 0.154. The minimum absolute atomic E-state index is 0.396. The Balaban J connectivity index is 2.19. The fourth-order valence-electron chi connectivity index (χ4n) is 1.96. The van der Waals surface area contributed by atoms with E-state index in [2.05, 4.69) is 9.97 Å². The highest BCUT2D eigenvalue weighted by Gasteiger charge is 2.13. The van der Waals surface area contributed by atoms with Gasteiger partial charge in [-0.25, -0.2) is 13.8 Å². The molecule has 0 saturated heterocycles. The van der Waals surface area contributed by atoms with Gasteiger partial charge < -0.3 is 9.40 Å². The van der Waals surface area contributed by atoms with Crippen molar-refractivity contribution in [2.24, 2.45) is 0 Å². The minimum atomic E-state index is -0.900. The number of fused-ring (bicyclic) bond motifs is 1. The van der Waals surface area contributed by atoms with Gasteiger partial charge in [0.1, 0.15) is 11.6 Å².